The van der Waals surface area contributed by atoms with Gasteiger partial charge in [0.1, 0.15) is 17.9 Å². The molecule has 0 radical (unpaired) electrons. The van der Waals surface area contributed by atoms with Gasteiger partial charge in [-0.3, -0.25) is 4.21 Å². The summed E-state index contributed by atoms with van der Waals surface area (Å²) in [5.74, 6) is 1.54. The molecule has 33 heavy (non-hydrogen) atoms. The topological polar surface area (TPSA) is 52.3 Å². The summed E-state index contributed by atoms with van der Waals surface area (Å²) in [7, 11) is -1.02. The molecule has 2 heterocycles. The van der Waals surface area contributed by atoms with Gasteiger partial charge in [-0.25, -0.2) is 4.98 Å². The highest BCUT2D eigenvalue weighted by Gasteiger charge is 2.19. The Morgan fingerprint density at radius 1 is 1.21 bits per heavy atom. The molecule has 7 heteroatoms. The molecule has 4 nitrogen and oxygen atoms in total. The average Bonchev–Trinajstić information content (AvgIpc) is 3.43. The number of benzene rings is 2. The Morgan fingerprint density at radius 3 is 2.70 bits per heavy atom. The SMILES string of the molecule is CS/C(=C\c1ccccc1COc1ccc2oc(-c3nc(C(C)(C)C)cs3)cc2c1)S(C)=O. The molecule has 172 valence electrons. The molecule has 4 aromatic rings. The molecule has 0 N–H and O–H groups in total. The van der Waals surface area contributed by atoms with Gasteiger partial charge >= 0.3 is 0 Å². The van der Waals surface area contributed by atoms with Crippen molar-refractivity contribution >= 4 is 50.9 Å². The second-order valence-electron chi connectivity index (χ2n) is 8.71. The molecule has 2 aromatic carbocycles. The summed E-state index contributed by atoms with van der Waals surface area (Å²) >= 11 is 3.11. The summed E-state index contributed by atoms with van der Waals surface area (Å²) in [4.78, 5) is 4.76. The third-order valence-electron chi connectivity index (χ3n) is 5.18. The molecule has 0 saturated carbocycles. The van der Waals surface area contributed by atoms with Crippen LogP contribution in [0.15, 0.2) is 62.6 Å². The second kappa shape index (κ2) is 9.87. The van der Waals surface area contributed by atoms with Crippen molar-refractivity contribution in [2.24, 2.45) is 0 Å². The van der Waals surface area contributed by atoms with Crippen LogP contribution in [0, 0.1) is 0 Å². The first-order chi connectivity index (χ1) is 15.7. The van der Waals surface area contributed by atoms with Gasteiger partial charge in [0, 0.05) is 22.4 Å². The Bertz CT molecular complexity index is 1330. The summed E-state index contributed by atoms with van der Waals surface area (Å²) in [6.45, 7) is 6.89. The van der Waals surface area contributed by atoms with Gasteiger partial charge in [-0.1, -0.05) is 45.0 Å². The standard InChI is InChI=1S/C26H27NO3S3/c1-26(2,3)23-16-32-25(27-23)22-13-19-12-20(10-11-21(19)30-22)29-15-18-9-7-6-8-17(18)14-24(31-4)33(5)28/h6-14,16H,15H2,1-5H3/b24-14+. The first-order valence-corrected chi connectivity index (χ1v) is 14.2. The van der Waals surface area contributed by atoms with Crippen LogP contribution in [0.25, 0.3) is 27.8 Å². The number of ether oxygens (including phenoxy) is 1. The maximum Gasteiger partial charge on any atom is 0.164 e. The molecule has 0 bridgehead atoms. The van der Waals surface area contributed by atoms with Crippen LogP contribution >= 0.6 is 23.1 Å². The molecule has 1 atom stereocenters. The van der Waals surface area contributed by atoms with Crippen molar-refractivity contribution in [2.75, 3.05) is 12.5 Å². The van der Waals surface area contributed by atoms with E-state index in [-0.39, 0.29) is 5.41 Å². The van der Waals surface area contributed by atoms with Gasteiger partial charge in [0.05, 0.1) is 20.7 Å². The Morgan fingerprint density at radius 2 is 2.00 bits per heavy atom. The highest BCUT2D eigenvalue weighted by molar-refractivity contribution is 8.16. The maximum atomic E-state index is 11.9. The van der Waals surface area contributed by atoms with Crippen molar-refractivity contribution in [2.45, 2.75) is 32.8 Å². The normalized spacial score (nSPS) is 13.4. The summed E-state index contributed by atoms with van der Waals surface area (Å²) in [6.07, 6.45) is 5.62. The van der Waals surface area contributed by atoms with E-state index in [0.29, 0.717) is 6.61 Å². The van der Waals surface area contributed by atoms with Crippen LogP contribution in [0.5, 0.6) is 5.75 Å². The average molecular weight is 498 g/mol. The van der Waals surface area contributed by atoms with Gasteiger partial charge in [-0.15, -0.1) is 23.1 Å². The molecule has 0 saturated heterocycles. The van der Waals surface area contributed by atoms with Crippen LogP contribution in [0.1, 0.15) is 37.6 Å². The summed E-state index contributed by atoms with van der Waals surface area (Å²) in [5.41, 5.74) is 3.94. The van der Waals surface area contributed by atoms with Crippen LogP contribution < -0.4 is 4.74 Å². The fourth-order valence-electron chi connectivity index (χ4n) is 3.30. The van der Waals surface area contributed by atoms with Gasteiger partial charge in [0.25, 0.3) is 0 Å². The van der Waals surface area contributed by atoms with Gasteiger partial charge in [-0.2, -0.15) is 0 Å². The summed E-state index contributed by atoms with van der Waals surface area (Å²) < 4.78 is 24.9. The highest BCUT2D eigenvalue weighted by Crippen LogP contribution is 2.34. The predicted octanol–water partition coefficient (Wildman–Crippen LogP) is 7.47. The minimum atomic E-state index is -1.02. The van der Waals surface area contributed by atoms with Crippen LogP contribution in [-0.2, 0) is 22.8 Å². The van der Waals surface area contributed by atoms with E-state index in [2.05, 4.69) is 26.2 Å². The summed E-state index contributed by atoms with van der Waals surface area (Å²) in [6, 6.07) is 15.9. The Kier molecular flexibility index (Phi) is 7.12. The van der Waals surface area contributed by atoms with Crippen molar-refractivity contribution in [1.29, 1.82) is 0 Å². The molecule has 0 fully saturated rings. The largest absolute Gasteiger partial charge is 0.489 e. The fraction of sp³-hybridized carbons (Fsp3) is 0.269. The van der Waals surface area contributed by atoms with E-state index < -0.39 is 10.8 Å². The Hall–Kier alpha value is -2.35. The minimum Gasteiger partial charge on any atom is -0.489 e. The predicted molar refractivity (Wildman–Crippen MR) is 142 cm³/mol. The van der Waals surface area contributed by atoms with Crippen molar-refractivity contribution in [3.63, 3.8) is 0 Å². The number of hydrogen-bond acceptors (Lipinski definition) is 6. The number of thiazole rings is 1. The molecular formula is C26H27NO3S3. The highest BCUT2D eigenvalue weighted by atomic mass is 32.2. The number of hydrogen-bond donors (Lipinski definition) is 0. The maximum absolute atomic E-state index is 11.9. The van der Waals surface area contributed by atoms with E-state index >= 15 is 0 Å². The number of aromatic nitrogens is 1. The van der Waals surface area contributed by atoms with E-state index in [4.69, 9.17) is 14.1 Å². The van der Waals surface area contributed by atoms with E-state index in [0.717, 1.165) is 48.5 Å². The Balaban J connectivity index is 1.54. The second-order valence-corrected chi connectivity index (χ2v) is 12.0. The van der Waals surface area contributed by atoms with Gasteiger partial charge < -0.3 is 9.15 Å². The van der Waals surface area contributed by atoms with Gasteiger partial charge in [0.15, 0.2) is 10.8 Å². The molecule has 0 aliphatic carbocycles. The molecule has 4 rings (SSSR count). The first-order valence-electron chi connectivity index (χ1n) is 10.5. The zero-order valence-electron chi connectivity index (χ0n) is 19.4. The third kappa shape index (κ3) is 5.60. The molecule has 0 amide bonds. The number of rotatable bonds is 7. The van der Waals surface area contributed by atoms with E-state index in [9.17, 15) is 4.21 Å². The zero-order chi connectivity index (χ0) is 23.6. The molecule has 0 spiro atoms. The van der Waals surface area contributed by atoms with E-state index in [1.165, 1.54) is 11.8 Å². The summed E-state index contributed by atoms with van der Waals surface area (Å²) in [5, 5.41) is 3.96. The van der Waals surface area contributed by atoms with Gasteiger partial charge in [-0.05, 0) is 47.7 Å². The van der Waals surface area contributed by atoms with Crippen LogP contribution in [0.2, 0.25) is 0 Å². The van der Waals surface area contributed by atoms with E-state index in [1.807, 2.05) is 60.9 Å². The van der Waals surface area contributed by atoms with Crippen molar-refractivity contribution in [1.82, 2.24) is 4.98 Å². The van der Waals surface area contributed by atoms with Crippen molar-refractivity contribution in [3.05, 3.63) is 75.0 Å². The number of nitrogens with zero attached hydrogens (tertiary/aromatic N) is 1. The minimum absolute atomic E-state index is 0.00992. The number of fused-ring (bicyclic) bond motifs is 1. The third-order valence-corrected chi connectivity index (χ3v) is 8.44. The monoisotopic (exact) mass is 497 g/mol. The molecule has 0 aliphatic rings. The van der Waals surface area contributed by atoms with Crippen molar-refractivity contribution in [3.8, 4) is 16.5 Å². The Labute approximate surface area is 205 Å². The zero-order valence-corrected chi connectivity index (χ0v) is 21.8. The lowest BCUT2D eigenvalue weighted by Gasteiger charge is -2.13. The van der Waals surface area contributed by atoms with Gasteiger partial charge in [0.2, 0.25) is 0 Å². The molecule has 2 aromatic heterocycles. The number of furan rings is 1. The quantitative estimate of drug-likeness (QED) is 0.265. The molecular weight excluding hydrogens is 470 g/mol. The smallest absolute Gasteiger partial charge is 0.164 e. The fourth-order valence-corrected chi connectivity index (χ4v) is 5.78. The van der Waals surface area contributed by atoms with Crippen molar-refractivity contribution < 1.29 is 13.4 Å². The van der Waals surface area contributed by atoms with Crippen LogP contribution in [-0.4, -0.2) is 21.7 Å². The molecule has 1 unspecified atom stereocenters. The first kappa shape index (κ1) is 23.8. The number of thioether (sulfide) groups is 1. The van der Waals surface area contributed by atoms with E-state index in [1.54, 1.807) is 17.6 Å². The lowest BCUT2D eigenvalue weighted by molar-refractivity contribution is 0.306. The van der Waals surface area contributed by atoms with Crippen LogP contribution in [0.4, 0.5) is 0 Å². The molecule has 0 aliphatic heterocycles. The lowest BCUT2D eigenvalue weighted by Crippen LogP contribution is -2.11. The lowest BCUT2D eigenvalue weighted by atomic mass is 9.93. The van der Waals surface area contributed by atoms with Crippen LogP contribution in [0.3, 0.4) is 0 Å².